The highest BCUT2D eigenvalue weighted by Crippen LogP contribution is 2.24. The maximum atomic E-state index is 11.0. The lowest BCUT2D eigenvalue weighted by Crippen LogP contribution is -2.43. The van der Waals surface area contributed by atoms with E-state index in [2.05, 4.69) is 10.2 Å². The minimum absolute atomic E-state index is 0.00446. The van der Waals surface area contributed by atoms with Gasteiger partial charge < -0.3 is 5.32 Å². The van der Waals surface area contributed by atoms with E-state index in [1.54, 1.807) is 6.07 Å². The molecule has 1 amide bonds. The number of carbonyl (C=O) groups excluding carboxylic acids is 1. The number of nitro benzene ring substituents is 1. The Bertz CT molecular complexity index is 542. The fourth-order valence-corrected chi connectivity index (χ4v) is 2.74. The van der Waals surface area contributed by atoms with Crippen molar-refractivity contribution in [1.29, 1.82) is 0 Å². The number of nitro groups is 1. The van der Waals surface area contributed by atoms with Crippen LogP contribution in [0.2, 0.25) is 5.02 Å². The first kappa shape index (κ1) is 15.7. The molecule has 0 unspecified atom stereocenters. The minimum atomic E-state index is -0.414. The van der Waals surface area contributed by atoms with E-state index in [1.807, 2.05) is 0 Å². The molecule has 1 aliphatic rings. The van der Waals surface area contributed by atoms with Gasteiger partial charge in [-0.1, -0.05) is 11.6 Å². The number of hydrogen-bond donors (Lipinski definition) is 1. The standard InChI is InChI=1S/C14H18ClN3O3/c1-10(19)16-12-4-6-17(7-5-12)9-11-8-13(18(20)21)2-3-14(11)15/h2-3,8,12H,4-7,9H2,1H3,(H,16,19). The molecule has 1 aromatic rings. The fraction of sp³-hybridized carbons (Fsp3) is 0.500. The van der Waals surface area contributed by atoms with Crippen LogP contribution in [0.1, 0.15) is 25.3 Å². The normalized spacial score (nSPS) is 16.7. The molecule has 1 heterocycles. The first-order valence-electron chi connectivity index (χ1n) is 6.88. The number of nitrogens with one attached hydrogen (secondary N) is 1. The van der Waals surface area contributed by atoms with Gasteiger partial charge in [0.15, 0.2) is 0 Å². The average Bonchev–Trinajstić information content (AvgIpc) is 2.42. The Morgan fingerprint density at radius 1 is 1.48 bits per heavy atom. The highest BCUT2D eigenvalue weighted by atomic mass is 35.5. The second kappa shape index (κ2) is 6.87. The molecular weight excluding hydrogens is 294 g/mol. The van der Waals surface area contributed by atoms with E-state index in [4.69, 9.17) is 11.6 Å². The number of non-ortho nitro benzene ring substituents is 1. The average molecular weight is 312 g/mol. The van der Waals surface area contributed by atoms with Crippen LogP contribution in [0.3, 0.4) is 0 Å². The zero-order chi connectivity index (χ0) is 15.4. The van der Waals surface area contributed by atoms with Crippen LogP contribution in [-0.2, 0) is 11.3 Å². The molecule has 0 spiro atoms. The van der Waals surface area contributed by atoms with Gasteiger partial charge in [-0.3, -0.25) is 19.8 Å². The first-order chi connectivity index (χ1) is 9.95. The van der Waals surface area contributed by atoms with Crippen molar-refractivity contribution < 1.29 is 9.72 Å². The van der Waals surface area contributed by atoms with Crippen molar-refractivity contribution in [2.24, 2.45) is 0 Å². The second-order valence-electron chi connectivity index (χ2n) is 5.28. The maximum Gasteiger partial charge on any atom is 0.269 e. The van der Waals surface area contributed by atoms with Gasteiger partial charge in [-0.25, -0.2) is 0 Å². The van der Waals surface area contributed by atoms with Crippen LogP contribution in [0.5, 0.6) is 0 Å². The van der Waals surface area contributed by atoms with Crippen LogP contribution in [0.25, 0.3) is 0 Å². The summed E-state index contributed by atoms with van der Waals surface area (Å²) in [6, 6.07) is 4.73. The summed E-state index contributed by atoms with van der Waals surface area (Å²) >= 11 is 6.11. The largest absolute Gasteiger partial charge is 0.354 e. The van der Waals surface area contributed by atoms with Crippen LogP contribution in [0.4, 0.5) is 5.69 Å². The van der Waals surface area contributed by atoms with Crippen molar-refractivity contribution in [2.45, 2.75) is 32.4 Å². The summed E-state index contributed by atoms with van der Waals surface area (Å²) in [5.41, 5.74) is 0.825. The maximum absolute atomic E-state index is 11.0. The SMILES string of the molecule is CC(=O)NC1CCN(Cc2cc([N+](=O)[O-])ccc2Cl)CC1. The molecule has 114 valence electrons. The van der Waals surface area contributed by atoms with Gasteiger partial charge in [-0.05, 0) is 24.5 Å². The zero-order valence-electron chi connectivity index (χ0n) is 11.8. The number of hydrogen-bond acceptors (Lipinski definition) is 4. The van der Waals surface area contributed by atoms with Gasteiger partial charge in [-0.2, -0.15) is 0 Å². The zero-order valence-corrected chi connectivity index (χ0v) is 12.6. The molecule has 1 saturated heterocycles. The third-order valence-electron chi connectivity index (χ3n) is 3.63. The number of halogens is 1. The summed E-state index contributed by atoms with van der Waals surface area (Å²) in [7, 11) is 0. The minimum Gasteiger partial charge on any atom is -0.354 e. The topological polar surface area (TPSA) is 75.5 Å². The molecule has 2 rings (SSSR count). The summed E-state index contributed by atoms with van der Waals surface area (Å²) in [5.74, 6) is -0.00446. The van der Waals surface area contributed by atoms with E-state index in [0.717, 1.165) is 31.5 Å². The summed E-state index contributed by atoms with van der Waals surface area (Å²) < 4.78 is 0. The van der Waals surface area contributed by atoms with Gasteiger partial charge in [0.2, 0.25) is 5.91 Å². The number of benzene rings is 1. The molecule has 6 nitrogen and oxygen atoms in total. The van der Waals surface area contributed by atoms with Crippen molar-refractivity contribution in [2.75, 3.05) is 13.1 Å². The first-order valence-corrected chi connectivity index (χ1v) is 7.26. The number of amides is 1. The lowest BCUT2D eigenvalue weighted by molar-refractivity contribution is -0.384. The third kappa shape index (κ3) is 4.41. The van der Waals surface area contributed by atoms with Crippen molar-refractivity contribution >= 4 is 23.2 Å². The summed E-state index contributed by atoms with van der Waals surface area (Å²) in [5, 5.41) is 14.3. The Hall–Kier alpha value is -1.66. The van der Waals surface area contributed by atoms with E-state index >= 15 is 0 Å². The lowest BCUT2D eigenvalue weighted by atomic mass is 10.0. The van der Waals surface area contributed by atoms with Gasteiger partial charge in [-0.15, -0.1) is 0 Å². The predicted molar refractivity (Wildman–Crippen MR) is 80.2 cm³/mol. The van der Waals surface area contributed by atoms with Crippen molar-refractivity contribution in [3.8, 4) is 0 Å². The van der Waals surface area contributed by atoms with Crippen LogP contribution < -0.4 is 5.32 Å². The molecule has 0 bridgehead atoms. The molecular formula is C14H18ClN3O3. The van der Waals surface area contributed by atoms with Gasteiger partial charge in [0.1, 0.15) is 0 Å². The van der Waals surface area contributed by atoms with E-state index in [1.165, 1.54) is 19.1 Å². The quantitative estimate of drug-likeness (QED) is 0.684. The van der Waals surface area contributed by atoms with Gasteiger partial charge in [0.05, 0.1) is 4.92 Å². The molecule has 0 radical (unpaired) electrons. The van der Waals surface area contributed by atoms with Crippen molar-refractivity contribution in [3.05, 3.63) is 38.9 Å². The summed E-state index contributed by atoms with van der Waals surface area (Å²) in [6.07, 6.45) is 1.76. The molecule has 0 saturated carbocycles. The monoisotopic (exact) mass is 311 g/mol. The van der Waals surface area contributed by atoms with E-state index in [9.17, 15) is 14.9 Å². The Kier molecular flexibility index (Phi) is 5.14. The molecule has 7 heteroatoms. The molecule has 1 aromatic carbocycles. The second-order valence-corrected chi connectivity index (χ2v) is 5.69. The lowest BCUT2D eigenvalue weighted by Gasteiger charge is -2.32. The third-order valence-corrected chi connectivity index (χ3v) is 4.00. The van der Waals surface area contributed by atoms with E-state index < -0.39 is 4.92 Å². The van der Waals surface area contributed by atoms with E-state index in [-0.39, 0.29) is 17.6 Å². The summed E-state index contributed by atoms with van der Waals surface area (Å²) in [6.45, 7) is 3.79. The number of likely N-dealkylation sites (tertiary alicyclic amines) is 1. The van der Waals surface area contributed by atoms with Crippen LogP contribution in [0, 0.1) is 10.1 Å². The van der Waals surface area contributed by atoms with Crippen molar-refractivity contribution in [3.63, 3.8) is 0 Å². The number of carbonyl (C=O) groups is 1. The number of rotatable bonds is 4. The molecule has 0 aromatic heterocycles. The highest BCUT2D eigenvalue weighted by Gasteiger charge is 2.21. The van der Waals surface area contributed by atoms with Gasteiger partial charge in [0.25, 0.3) is 5.69 Å². The molecule has 0 atom stereocenters. The number of piperidine rings is 1. The molecule has 0 aliphatic carbocycles. The van der Waals surface area contributed by atoms with Crippen molar-refractivity contribution in [1.82, 2.24) is 10.2 Å². The molecule has 1 aliphatic heterocycles. The highest BCUT2D eigenvalue weighted by molar-refractivity contribution is 6.31. The number of nitrogens with zero attached hydrogens (tertiary/aromatic N) is 2. The fourth-order valence-electron chi connectivity index (χ4n) is 2.56. The van der Waals surface area contributed by atoms with Crippen LogP contribution in [-0.4, -0.2) is 34.9 Å². The van der Waals surface area contributed by atoms with Gasteiger partial charge in [0, 0.05) is 49.8 Å². The van der Waals surface area contributed by atoms with Gasteiger partial charge >= 0.3 is 0 Å². The van der Waals surface area contributed by atoms with Crippen LogP contribution >= 0.6 is 11.6 Å². The molecule has 1 fully saturated rings. The predicted octanol–water partition coefficient (Wildman–Crippen LogP) is 2.35. The molecule has 21 heavy (non-hydrogen) atoms. The Balaban J connectivity index is 1.95. The molecule has 1 N–H and O–H groups in total. The van der Waals surface area contributed by atoms with Crippen LogP contribution in [0.15, 0.2) is 18.2 Å². The Morgan fingerprint density at radius 2 is 2.14 bits per heavy atom. The Labute approximate surface area is 128 Å². The Morgan fingerprint density at radius 3 is 2.71 bits per heavy atom. The smallest absolute Gasteiger partial charge is 0.269 e. The summed E-state index contributed by atoms with van der Waals surface area (Å²) in [4.78, 5) is 23.6. The van der Waals surface area contributed by atoms with E-state index in [0.29, 0.717) is 11.6 Å².